The van der Waals surface area contributed by atoms with Crippen molar-refractivity contribution in [3.05, 3.63) is 0 Å². The van der Waals surface area contributed by atoms with E-state index in [1.54, 1.807) is 0 Å². The molecule has 0 aromatic carbocycles. The quantitative estimate of drug-likeness (QED) is 0.646. The van der Waals surface area contributed by atoms with Crippen molar-refractivity contribution in [2.45, 2.75) is 32.2 Å². The molecule has 17 heavy (non-hydrogen) atoms. The number of hydrogen-bond acceptors (Lipinski definition) is 3. The second-order valence-corrected chi connectivity index (χ2v) is 4.36. The average molecular weight is 243 g/mol. The van der Waals surface area contributed by atoms with Crippen LogP contribution in [-0.4, -0.2) is 54.2 Å². The molecular formula is C11H21N3O3. The van der Waals surface area contributed by atoms with Crippen molar-refractivity contribution in [1.82, 2.24) is 15.5 Å². The highest BCUT2D eigenvalue weighted by atomic mass is 16.4. The monoisotopic (exact) mass is 243 g/mol. The zero-order valence-electron chi connectivity index (χ0n) is 10.2. The number of carbonyl (C=O) groups excluding carboxylic acids is 1. The Kier molecular flexibility index (Phi) is 5.76. The summed E-state index contributed by atoms with van der Waals surface area (Å²) in [7, 11) is 0. The topological polar surface area (TPSA) is 81.7 Å². The van der Waals surface area contributed by atoms with Gasteiger partial charge in [0, 0.05) is 13.1 Å². The third-order valence-electron chi connectivity index (χ3n) is 2.88. The van der Waals surface area contributed by atoms with Crippen molar-refractivity contribution in [2.75, 3.05) is 26.2 Å². The zero-order chi connectivity index (χ0) is 12.7. The number of rotatable bonds is 5. The number of carbonyl (C=O) groups is 2. The van der Waals surface area contributed by atoms with E-state index in [0.29, 0.717) is 6.54 Å². The van der Waals surface area contributed by atoms with Gasteiger partial charge in [-0.1, -0.05) is 6.42 Å². The molecule has 0 saturated carbocycles. The molecule has 3 N–H and O–H groups in total. The molecule has 1 fully saturated rings. The zero-order valence-corrected chi connectivity index (χ0v) is 10.2. The lowest BCUT2D eigenvalue weighted by molar-refractivity contribution is -0.138. The molecule has 1 saturated heterocycles. The van der Waals surface area contributed by atoms with Gasteiger partial charge in [-0.3, -0.25) is 4.79 Å². The number of aliphatic carboxylic acids is 1. The molecule has 1 aliphatic heterocycles. The summed E-state index contributed by atoms with van der Waals surface area (Å²) in [5, 5.41) is 13.6. The van der Waals surface area contributed by atoms with Crippen molar-refractivity contribution in [3.8, 4) is 0 Å². The number of piperidine rings is 1. The average Bonchev–Trinajstić information content (AvgIpc) is 2.30. The minimum absolute atomic E-state index is 0.420. The fourth-order valence-corrected chi connectivity index (χ4v) is 1.82. The standard InChI is InChI=1S/C11H21N3O3/c1-9(10(15)16)13-11(17)12-5-8-14-6-3-2-4-7-14/h9H,2-8H2,1H3,(H,15,16)(H2,12,13,17). The summed E-state index contributed by atoms with van der Waals surface area (Å²) >= 11 is 0. The minimum Gasteiger partial charge on any atom is -0.480 e. The highest BCUT2D eigenvalue weighted by Gasteiger charge is 2.14. The molecule has 2 amide bonds. The Morgan fingerprint density at radius 2 is 1.94 bits per heavy atom. The first kappa shape index (κ1) is 13.8. The smallest absolute Gasteiger partial charge is 0.325 e. The predicted octanol–water partition coefficient (Wildman–Crippen LogP) is 0.245. The van der Waals surface area contributed by atoms with Crippen molar-refractivity contribution in [1.29, 1.82) is 0 Å². The summed E-state index contributed by atoms with van der Waals surface area (Å²) in [5.74, 6) is -1.03. The molecule has 0 aliphatic carbocycles. The van der Waals surface area contributed by atoms with Crippen LogP contribution in [0, 0.1) is 0 Å². The largest absolute Gasteiger partial charge is 0.480 e. The first-order valence-corrected chi connectivity index (χ1v) is 6.09. The number of urea groups is 1. The number of nitrogens with zero attached hydrogens (tertiary/aromatic N) is 1. The predicted molar refractivity (Wildman–Crippen MR) is 63.9 cm³/mol. The van der Waals surface area contributed by atoms with Crippen LogP contribution in [0.2, 0.25) is 0 Å². The molecule has 1 atom stereocenters. The van der Waals surface area contributed by atoms with E-state index in [-0.39, 0.29) is 0 Å². The van der Waals surface area contributed by atoms with Crippen LogP contribution in [0.5, 0.6) is 0 Å². The van der Waals surface area contributed by atoms with Crippen molar-refractivity contribution in [2.24, 2.45) is 0 Å². The lowest BCUT2D eigenvalue weighted by atomic mass is 10.1. The first-order chi connectivity index (χ1) is 8.09. The van der Waals surface area contributed by atoms with Gasteiger partial charge in [-0.25, -0.2) is 4.79 Å². The Bertz CT molecular complexity index is 265. The molecule has 98 valence electrons. The third kappa shape index (κ3) is 5.53. The maximum absolute atomic E-state index is 11.3. The normalized spacial score (nSPS) is 18.4. The highest BCUT2D eigenvalue weighted by molar-refractivity contribution is 5.82. The molecule has 1 heterocycles. The van der Waals surface area contributed by atoms with Crippen LogP contribution in [-0.2, 0) is 4.79 Å². The van der Waals surface area contributed by atoms with Crippen LogP contribution >= 0.6 is 0 Å². The molecule has 1 aliphatic rings. The number of hydrogen-bond donors (Lipinski definition) is 3. The van der Waals surface area contributed by atoms with Crippen LogP contribution in [0.4, 0.5) is 4.79 Å². The number of amides is 2. The molecule has 1 rings (SSSR count). The minimum atomic E-state index is -1.03. The fourth-order valence-electron chi connectivity index (χ4n) is 1.82. The first-order valence-electron chi connectivity index (χ1n) is 6.09. The molecular weight excluding hydrogens is 222 g/mol. The summed E-state index contributed by atoms with van der Waals surface area (Å²) in [6, 6.07) is -1.28. The molecule has 1 unspecified atom stereocenters. The van der Waals surface area contributed by atoms with Gasteiger partial charge < -0.3 is 20.6 Å². The summed E-state index contributed by atoms with van der Waals surface area (Å²) in [6.07, 6.45) is 3.74. The van der Waals surface area contributed by atoms with E-state index in [1.165, 1.54) is 26.2 Å². The summed E-state index contributed by atoms with van der Waals surface area (Å²) in [6.45, 7) is 5.00. The Morgan fingerprint density at radius 1 is 1.29 bits per heavy atom. The number of carboxylic acid groups (broad SMARTS) is 1. The van der Waals surface area contributed by atoms with E-state index in [2.05, 4.69) is 15.5 Å². The second-order valence-electron chi connectivity index (χ2n) is 4.36. The van der Waals surface area contributed by atoms with Crippen LogP contribution < -0.4 is 10.6 Å². The maximum atomic E-state index is 11.3. The van der Waals surface area contributed by atoms with Crippen LogP contribution in [0.3, 0.4) is 0 Å². The van der Waals surface area contributed by atoms with E-state index in [0.717, 1.165) is 19.6 Å². The van der Waals surface area contributed by atoms with E-state index in [1.807, 2.05) is 0 Å². The Morgan fingerprint density at radius 3 is 2.53 bits per heavy atom. The van der Waals surface area contributed by atoms with Gasteiger partial charge in [-0.05, 0) is 32.9 Å². The van der Waals surface area contributed by atoms with Crippen LogP contribution in [0.1, 0.15) is 26.2 Å². The Labute approximate surface area is 101 Å². The summed E-state index contributed by atoms with van der Waals surface area (Å²) < 4.78 is 0. The molecule has 0 spiro atoms. The second kappa shape index (κ2) is 7.11. The molecule has 0 radical (unpaired) electrons. The van der Waals surface area contributed by atoms with Crippen LogP contribution in [0.15, 0.2) is 0 Å². The molecule has 6 nitrogen and oxygen atoms in total. The Balaban J connectivity index is 2.09. The summed E-state index contributed by atoms with van der Waals surface area (Å²) in [5.41, 5.74) is 0. The third-order valence-corrected chi connectivity index (χ3v) is 2.88. The molecule has 0 aromatic heterocycles. The van der Waals surface area contributed by atoms with E-state index in [9.17, 15) is 9.59 Å². The van der Waals surface area contributed by atoms with Gasteiger partial charge in [0.2, 0.25) is 0 Å². The highest BCUT2D eigenvalue weighted by Crippen LogP contribution is 2.07. The molecule has 0 aromatic rings. The maximum Gasteiger partial charge on any atom is 0.325 e. The van der Waals surface area contributed by atoms with Gasteiger partial charge in [-0.2, -0.15) is 0 Å². The SMILES string of the molecule is CC(NC(=O)NCCN1CCCCC1)C(=O)O. The van der Waals surface area contributed by atoms with Gasteiger partial charge in [0.15, 0.2) is 0 Å². The van der Waals surface area contributed by atoms with E-state index in [4.69, 9.17) is 5.11 Å². The fraction of sp³-hybridized carbons (Fsp3) is 0.818. The van der Waals surface area contributed by atoms with Gasteiger partial charge in [-0.15, -0.1) is 0 Å². The number of likely N-dealkylation sites (tertiary alicyclic amines) is 1. The number of carboxylic acids is 1. The van der Waals surface area contributed by atoms with E-state index >= 15 is 0 Å². The lowest BCUT2D eigenvalue weighted by Gasteiger charge is -2.26. The molecule has 6 heteroatoms. The van der Waals surface area contributed by atoms with Gasteiger partial charge in [0.25, 0.3) is 0 Å². The van der Waals surface area contributed by atoms with Gasteiger partial charge >= 0.3 is 12.0 Å². The number of nitrogens with one attached hydrogen (secondary N) is 2. The van der Waals surface area contributed by atoms with E-state index < -0.39 is 18.0 Å². The van der Waals surface area contributed by atoms with Gasteiger partial charge in [0.05, 0.1) is 0 Å². The van der Waals surface area contributed by atoms with Gasteiger partial charge in [0.1, 0.15) is 6.04 Å². The summed E-state index contributed by atoms with van der Waals surface area (Å²) in [4.78, 5) is 24.1. The van der Waals surface area contributed by atoms with Crippen molar-refractivity contribution >= 4 is 12.0 Å². The Hall–Kier alpha value is -1.30. The van der Waals surface area contributed by atoms with Crippen LogP contribution in [0.25, 0.3) is 0 Å². The van der Waals surface area contributed by atoms with Crippen molar-refractivity contribution < 1.29 is 14.7 Å². The molecule has 0 bridgehead atoms. The van der Waals surface area contributed by atoms with Crippen molar-refractivity contribution in [3.63, 3.8) is 0 Å². The lowest BCUT2D eigenvalue weighted by Crippen LogP contribution is -2.46.